The Morgan fingerprint density at radius 1 is 1.28 bits per heavy atom. The Hall–Kier alpha value is -1.55. The number of carbonyl (C=O) groups is 1. The third kappa shape index (κ3) is 4.37. The number of rotatable bonds is 6. The Labute approximate surface area is 108 Å². The minimum Gasteiger partial charge on any atom is -0.492 e. The van der Waals surface area contributed by atoms with E-state index in [9.17, 15) is 4.79 Å². The van der Waals surface area contributed by atoms with Crippen LogP contribution in [0, 0.1) is 6.92 Å². The minimum atomic E-state index is -0.689. The summed E-state index contributed by atoms with van der Waals surface area (Å²) in [6, 6.07) is 7.86. The van der Waals surface area contributed by atoms with Gasteiger partial charge in [-0.25, -0.2) is 0 Å². The van der Waals surface area contributed by atoms with E-state index in [2.05, 4.69) is 5.32 Å². The molecule has 0 saturated heterocycles. The topological polar surface area (TPSA) is 47.6 Å². The van der Waals surface area contributed by atoms with Crippen LogP contribution < -0.4 is 10.1 Å². The molecule has 1 aromatic carbocycles. The van der Waals surface area contributed by atoms with E-state index in [4.69, 9.17) is 9.47 Å². The zero-order valence-corrected chi connectivity index (χ0v) is 11.4. The fourth-order valence-corrected chi connectivity index (χ4v) is 1.49. The van der Waals surface area contributed by atoms with E-state index in [1.165, 1.54) is 12.7 Å². The highest BCUT2D eigenvalue weighted by Crippen LogP contribution is 2.11. The summed E-state index contributed by atoms with van der Waals surface area (Å²) >= 11 is 0. The van der Waals surface area contributed by atoms with Crippen molar-refractivity contribution < 1.29 is 14.3 Å². The van der Waals surface area contributed by atoms with Crippen molar-refractivity contribution in [2.45, 2.75) is 26.3 Å². The van der Waals surface area contributed by atoms with Crippen LogP contribution in [0.5, 0.6) is 5.75 Å². The maximum atomic E-state index is 11.4. The molecule has 4 heteroatoms. The molecule has 0 aliphatic carbocycles. The zero-order valence-electron chi connectivity index (χ0n) is 11.4. The summed E-state index contributed by atoms with van der Waals surface area (Å²) < 4.78 is 10.3. The number of aryl methyl sites for hydroxylation is 1. The van der Waals surface area contributed by atoms with Crippen molar-refractivity contribution in [3.05, 3.63) is 29.8 Å². The van der Waals surface area contributed by atoms with E-state index in [-0.39, 0.29) is 5.97 Å². The predicted molar refractivity (Wildman–Crippen MR) is 70.8 cm³/mol. The molecule has 1 N–H and O–H groups in total. The number of carbonyl (C=O) groups excluding carboxylic acids is 1. The molecule has 0 aliphatic rings. The molecule has 0 fully saturated rings. The van der Waals surface area contributed by atoms with Gasteiger partial charge in [-0.05, 0) is 32.9 Å². The van der Waals surface area contributed by atoms with Crippen LogP contribution in [0.2, 0.25) is 0 Å². The fraction of sp³-hybridized carbons (Fsp3) is 0.500. The van der Waals surface area contributed by atoms with Crippen LogP contribution in [0.25, 0.3) is 0 Å². The maximum Gasteiger partial charge on any atom is 0.325 e. The van der Waals surface area contributed by atoms with Crippen molar-refractivity contribution in [1.82, 2.24) is 5.32 Å². The monoisotopic (exact) mass is 251 g/mol. The van der Waals surface area contributed by atoms with Crippen LogP contribution in [0.3, 0.4) is 0 Å². The average Bonchev–Trinajstić information content (AvgIpc) is 2.35. The summed E-state index contributed by atoms with van der Waals surface area (Å²) in [5.74, 6) is 0.552. The second-order valence-electron chi connectivity index (χ2n) is 4.70. The molecule has 1 rings (SSSR count). The number of hydrogen-bond donors (Lipinski definition) is 1. The first-order valence-electron chi connectivity index (χ1n) is 5.98. The van der Waals surface area contributed by atoms with Crippen molar-refractivity contribution in [2.75, 3.05) is 20.3 Å². The lowest BCUT2D eigenvalue weighted by atomic mass is 10.1. The molecule has 0 amide bonds. The smallest absolute Gasteiger partial charge is 0.325 e. The molecule has 0 radical (unpaired) electrons. The van der Waals surface area contributed by atoms with Crippen molar-refractivity contribution in [1.29, 1.82) is 0 Å². The first-order valence-corrected chi connectivity index (χ1v) is 5.98. The normalized spacial score (nSPS) is 11.1. The van der Waals surface area contributed by atoms with E-state index >= 15 is 0 Å². The summed E-state index contributed by atoms with van der Waals surface area (Å²) in [5.41, 5.74) is 0.512. The molecule has 0 spiro atoms. The van der Waals surface area contributed by atoms with Gasteiger partial charge in [0.25, 0.3) is 0 Å². The van der Waals surface area contributed by atoms with Gasteiger partial charge < -0.3 is 9.47 Å². The van der Waals surface area contributed by atoms with Gasteiger partial charge in [-0.3, -0.25) is 10.1 Å². The number of benzene rings is 1. The highest BCUT2D eigenvalue weighted by Gasteiger charge is 2.27. The number of hydrogen-bond acceptors (Lipinski definition) is 4. The van der Waals surface area contributed by atoms with E-state index in [1.54, 1.807) is 13.8 Å². The summed E-state index contributed by atoms with van der Waals surface area (Å²) in [6.45, 7) is 6.68. The van der Waals surface area contributed by atoms with Crippen molar-refractivity contribution >= 4 is 5.97 Å². The third-order valence-electron chi connectivity index (χ3n) is 2.65. The Morgan fingerprint density at radius 3 is 2.44 bits per heavy atom. The van der Waals surface area contributed by atoms with E-state index in [0.29, 0.717) is 13.2 Å². The molecule has 0 heterocycles. The molecular formula is C14H21NO3. The highest BCUT2D eigenvalue weighted by molar-refractivity contribution is 5.79. The lowest BCUT2D eigenvalue weighted by Gasteiger charge is -2.23. The average molecular weight is 251 g/mol. The maximum absolute atomic E-state index is 11.4. The molecule has 1 aromatic rings. The molecule has 100 valence electrons. The molecular weight excluding hydrogens is 230 g/mol. The van der Waals surface area contributed by atoms with Gasteiger partial charge in [-0.1, -0.05) is 17.7 Å². The van der Waals surface area contributed by atoms with Gasteiger partial charge in [0.1, 0.15) is 17.9 Å². The zero-order chi connectivity index (χ0) is 13.6. The van der Waals surface area contributed by atoms with Gasteiger partial charge in [0.05, 0.1) is 7.11 Å². The van der Waals surface area contributed by atoms with Gasteiger partial charge in [0, 0.05) is 6.54 Å². The largest absolute Gasteiger partial charge is 0.492 e. The second-order valence-corrected chi connectivity index (χ2v) is 4.70. The quantitative estimate of drug-likeness (QED) is 0.620. The Balaban J connectivity index is 2.30. The number of nitrogens with one attached hydrogen (secondary N) is 1. The van der Waals surface area contributed by atoms with Crippen LogP contribution >= 0.6 is 0 Å². The van der Waals surface area contributed by atoms with Gasteiger partial charge >= 0.3 is 5.97 Å². The third-order valence-corrected chi connectivity index (χ3v) is 2.65. The van der Waals surface area contributed by atoms with Crippen molar-refractivity contribution in [2.24, 2.45) is 0 Å². The summed E-state index contributed by atoms with van der Waals surface area (Å²) in [4.78, 5) is 11.4. The van der Waals surface area contributed by atoms with E-state index < -0.39 is 5.54 Å². The second kappa shape index (κ2) is 6.40. The first-order chi connectivity index (χ1) is 8.45. The highest BCUT2D eigenvalue weighted by atomic mass is 16.5. The van der Waals surface area contributed by atoms with Crippen LogP contribution in [-0.4, -0.2) is 31.8 Å². The fourth-order valence-electron chi connectivity index (χ4n) is 1.49. The molecule has 0 aliphatic heterocycles. The van der Waals surface area contributed by atoms with Crippen molar-refractivity contribution in [3.8, 4) is 5.75 Å². The number of ether oxygens (including phenoxy) is 2. The lowest BCUT2D eigenvalue weighted by molar-refractivity contribution is -0.147. The first kappa shape index (κ1) is 14.5. The predicted octanol–water partition coefficient (Wildman–Crippen LogP) is 1.92. The molecule has 0 aromatic heterocycles. The number of esters is 1. The lowest BCUT2D eigenvalue weighted by Crippen LogP contribution is -2.48. The van der Waals surface area contributed by atoms with Gasteiger partial charge in [0.15, 0.2) is 0 Å². The van der Waals surface area contributed by atoms with Crippen molar-refractivity contribution in [3.63, 3.8) is 0 Å². The molecule has 0 unspecified atom stereocenters. The molecule has 0 saturated carbocycles. The Bertz CT molecular complexity index is 385. The summed E-state index contributed by atoms with van der Waals surface area (Å²) in [7, 11) is 1.38. The number of methoxy groups -OCH3 is 1. The SMILES string of the molecule is COC(=O)C(C)(C)NCCOc1ccc(C)cc1. The molecule has 4 nitrogen and oxygen atoms in total. The Morgan fingerprint density at radius 2 is 1.89 bits per heavy atom. The van der Waals surface area contributed by atoms with Gasteiger partial charge in [-0.2, -0.15) is 0 Å². The van der Waals surface area contributed by atoms with Crippen LogP contribution in [-0.2, 0) is 9.53 Å². The molecule has 0 atom stereocenters. The van der Waals surface area contributed by atoms with Gasteiger partial charge in [0.2, 0.25) is 0 Å². The van der Waals surface area contributed by atoms with Crippen LogP contribution in [0.1, 0.15) is 19.4 Å². The van der Waals surface area contributed by atoms with Crippen LogP contribution in [0.15, 0.2) is 24.3 Å². The Kier molecular flexibility index (Phi) is 5.16. The summed E-state index contributed by atoms with van der Waals surface area (Å²) in [6.07, 6.45) is 0. The van der Waals surface area contributed by atoms with E-state index in [1.807, 2.05) is 31.2 Å². The standard InChI is InChI=1S/C14H21NO3/c1-11-5-7-12(8-6-11)18-10-9-15-14(2,3)13(16)17-4/h5-8,15H,9-10H2,1-4H3. The minimum absolute atomic E-state index is 0.280. The summed E-state index contributed by atoms with van der Waals surface area (Å²) in [5, 5.41) is 3.09. The van der Waals surface area contributed by atoms with E-state index in [0.717, 1.165) is 5.75 Å². The molecule has 0 bridgehead atoms. The molecule has 18 heavy (non-hydrogen) atoms. The van der Waals surface area contributed by atoms with Gasteiger partial charge in [-0.15, -0.1) is 0 Å². The van der Waals surface area contributed by atoms with Crippen LogP contribution in [0.4, 0.5) is 0 Å².